The molecule has 108 valence electrons. The number of carbonyl (C=O) groups excluding carboxylic acids is 1. The molecular formula is C14H20N4O2. The van der Waals surface area contributed by atoms with Gasteiger partial charge in [-0.05, 0) is 38.8 Å². The molecule has 0 radical (unpaired) electrons. The smallest absolute Gasteiger partial charge is 0.300 e. The minimum absolute atomic E-state index is 0.220. The quantitative estimate of drug-likeness (QED) is 0.504. The Labute approximate surface area is 117 Å². The lowest BCUT2D eigenvalue weighted by Gasteiger charge is -2.03. The molecular weight excluding hydrogens is 256 g/mol. The number of nitrogen functional groups attached to an aromatic ring is 1. The fraction of sp³-hybridized carbons (Fsp3) is 0.429. The standard InChI is InChI=1S/C14H20N4O2/c1-5-12-8(2)17-18(9(12)3)7-11-6-13(14(19)16-15)20-10(11)4/h6H,5,7,15H2,1-4H3,(H,16,19). The summed E-state index contributed by atoms with van der Waals surface area (Å²) in [5, 5.41) is 4.54. The summed E-state index contributed by atoms with van der Waals surface area (Å²) in [6, 6.07) is 1.71. The zero-order chi connectivity index (χ0) is 14.9. The van der Waals surface area contributed by atoms with Gasteiger partial charge in [-0.1, -0.05) is 6.92 Å². The van der Waals surface area contributed by atoms with E-state index < -0.39 is 5.91 Å². The Bertz CT molecular complexity index is 640. The second kappa shape index (κ2) is 5.50. The van der Waals surface area contributed by atoms with Crippen molar-refractivity contribution in [1.29, 1.82) is 0 Å². The van der Waals surface area contributed by atoms with E-state index >= 15 is 0 Å². The molecule has 2 rings (SSSR count). The van der Waals surface area contributed by atoms with Crippen LogP contribution in [0, 0.1) is 20.8 Å². The first-order valence-corrected chi connectivity index (χ1v) is 6.61. The van der Waals surface area contributed by atoms with Crippen LogP contribution in [-0.4, -0.2) is 15.7 Å². The molecule has 0 unspecified atom stereocenters. The highest BCUT2D eigenvalue weighted by Crippen LogP contribution is 2.19. The van der Waals surface area contributed by atoms with Crippen molar-refractivity contribution in [3.63, 3.8) is 0 Å². The van der Waals surface area contributed by atoms with Crippen LogP contribution in [0.5, 0.6) is 0 Å². The maximum absolute atomic E-state index is 11.5. The van der Waals surface area contributed by atoms with E-state index in [9.17, 15) is 4.79 Å². The molecule has 6 heteroatoms. The number of rotatable bonds is 4. The minimum atomic E-state index is -0.429. The van der Waals surface area contributed by atoms with Gasteiger partial charge in [-0.15, -0.1) is 0 Å². The van der Waals surface area contributed by atoms with E-state index in [0.29, 0.717) is 12.3 Å². The molecule has 2 aromatic heterocycles. The number of hydrogen-bond donors (Lipinski definition) is 2. The fourth-order valence-corrected chi connectivity index (χ4v) is 2.42. The van der Waals surface area contributed by atoms with Crippen molar-refractivity contribution in [3.05, 3.63) is 40.1 Å². The van der Waals surface area contributed by atoms with Gasteiger partial charge in [0.05, 0.1) is 12.2 Å². The van der Waals surface area contributed by atoms with Crippen LogP contribution in [0.2, 0.25) is 0 Å². The highest BCUT2D eigenvalue weighted by molar-refractivity contribution is 5.91. The third kappa shape index (κ3) is 2.46. The summed E-state index contributed by atoms with van der Waals surface area (Å²) in [5.41, 5.74) is 6.46. The Morgan fingerprint density at radius 3 is 2.70 bits per heavy atom. The molecule has 0 fully saturated rings. The number of aryl methyl sites for hydroxylation is 2. The van der Waals surface area contributed by atoms with Crippen molar-refractivity contribution < 1.29 is 9.21 Å². The van der Waals surface area contributed by atoms with E-state index in [-0.39, 0.29) is 5.76 Å². The number of amides is 1. The number of hydrazine groups is 1. The van der Waals surface area contributed by atoms with Crippen LogP contribution >= 0.6 is 0 Å². The summed E-state index contributed by atoms with van der Waals surface area (Å²) < 4.78 is 7.35. The van der Waals surface area contributed by atoms with Crippen molar-refractivity contribution in [2.45, 2.75) is 40.7 Å². The van der Waals surface area contributed by atoms with Crippen LogP contribution in [0.15, 0.2) is 10.5 Å². The number of nitrogens with two attached hydrogens (primary N) is 1. The number of nitrogens with zero attached hydrogens (tertiary/aromatic N) is 2. The first kappa shape index (κ1) is 14.3. The summed E-state index contributed by atoms with van der Waals surface area (Å²) in [6.45, 7) is 8.60. The monoisotopic (exact) mass is 276 g/mol. The molecule has 0 aromatic carbocycles. The van der Waals surface area contributed by atoms with Gasteiger partial charge in [-0.25, -0.2) is 5.84 Å². The Balaban J connectivity index is 2.31. The molecule has 0 spiro atoms. The van der Waals surface area contributed by atoms with Crippen molar-refractivity contribution in [2.75, 3.05) is 0 Å². The van der Waals surface area contributed by atoms with Gasteiger partial charge in [-0.2, -0.15) is 5.10 Å². The third-order valence-corrected chi connectivity index (χ3v) is 3.58. The van der Waals surface area contributed by atoms with Gasteiger partial charge in [0, 0.05) is 11.3 Å². The van der Waals surface area contributed by atoms with Gasteiger partial charge in [0.2, 0.25) is 0 Å². The molecule has 20 heavy (non-hydrogen) atoms. The van der Waals surface area contributed by atoms with Crippen LogP contribution in [0.1, 0.15) is 45.8 Å². The van der Waals surface area contributed by atoms with E-state index in [1.165, 1.54) is 5.56 Å². The lowest BCUT2D eigenvalue weighted by atomic mass is 10.1. The van der Waals surface area contributed by atoms with E-state index in [4.69, 9.17) is 10.3 Å². The summed E-state index contributed by atoms with van der Waals surface area (Å²) in [4.78, 5) is 11.5. The number of carbonyl (C=O) groups is 1. The van der Waals surface area contributed by atoms with E-state index in [2.05, 4.69) is 24.4 Å². The SMILES string of the molecule is CCc1c(C)nn(Cc2cc(C(=O)NN)oc2C)c1C. The molecule has 3 N–H and O–H groups in total. The summed E-state index contributed by atoms with van der Waals surface area (Å²) in [7, 11) is 0. The zero-order valence-corrected chi connectivity index (χ0v) is 12.3. The maximum atomic E-state index is 11.5. The Morgan fingerprint density at radius 2 is 2.15 bits per heavy atom. The second-order valence-corrected chi connectivity index (χ2v) is 4.83. The van der Waals surface area contributed by atoms with E-state index in [1.807, 2.05) is 18.5 Å². The Kier molecular flexibility index (Phi) is 3.94. The highest BCUT2D eigenvalue weighted by Gasteiger charge is 2.16. The van der Waals surface area contributed by atoms with Crippen LogP contribution in [-0.2, 0) is 13.0 Å². The van der Waals surface area contributed by atoms with Gasteiger partial charge in [0.1, 0.15) is 5.76 Å². The molecule has 2 heterocycles. The fourth-order valence-electron chi connectivity index (χ4n) is 2.42. The van der Waals surface area contributed by atoms with E-state index in [1.54, 1.807) is 6.07 Å². The van der Waals surface area contributed by atoms with Gasteiger partial charge >= 0.3 is 5.91 Å². The van der Waals surface area contributed by atoms with Gasteiger partial charge in [0.15, 0.2) is 5.76 Å². The molecule has 0 aliphatic rings. The number of nitrogens with one attached hydrogen (secondary N) is 1. The number of aromatic nitrogens is 2. The average molecular weight is 276 g/mol. The first-order valence-electron chi connectivity index (χ1n) is 6.61. The molecule has 1 amide bonds. The van der Waals surface area contributed by atoms with Crippen molar-refractivity contribution in [2.24, 2.45) is 5.84 Å². The zero-order valence-electron chi connectivity index (χ0n) is 12.3. The topological polar surface area (TPSA) is 86.1 Å². The maximum Gasteiger partial charge on any atom is 0.300 e. The summed E-state index contributed by atoms with van der Waals surface area (Å²) in [5.74, 6) is 5.60. The molecule has 0 saturated heterocycles. The Hall–Kier alpha value is -2.08. The predicted octanol–water partition coefficient (Wildman–Crippen LogP) is 1.62. The van der Waals surface area contributed by atoms with Crippen molar-refractivity contribution in [1.82, 2.24) is 15.2 Å². The molecule has 0 saturated carbocycles. The molecule has 0 bridgehead atoms. The van der Waals surface area contributed by atoms with Crippen LogP contribution < -0.4 is 11.3 Å². The largest absolute Gasteiger partial charge is 0.456 e. The molecule has 0 aliphatic carbocycles. The average Bonchev–Trinajstić information content (AvgIpc) is 2.91. The second-order valence-electron chi connectivity index (χ2n) is 4.83. The molecule has 6 nitrogen and oxygen atoms in total. The normalized spacial score (nSPS) is 10.8. The van der Waals surface area contributed by atoms with Crippen LogP contribution in [0.25, 0.3) is 0 Å². The lowest BCUT2D eigenvalue weighted by Crippen LogP contribution is -2.29. The van der Waals surface area contributed by atoms with Gasteiger partial charge < -0.3 is 4.42 Å². The van der Waals surface area contributed by atoms with Crippen molar-refractivity contribution in [3.8, 4) is 0 Å². The van der Waals surface area contributed by atoms with Crippen molar-refractivity contribution >= 4 is 5.91 Å². The van der Waals surface area contributed by atoms with Gasteiger partial charge in [0.25, 0.3) is 0 Å². The van der Waals surface area contributed by atoms with Gasteiger partial charge in [-0.3, -0.25) is 14.9 Å². The Morgan fingerprint density at radius 1 is 1.45 bits per heavy atom. The number of hydrogen-bond acceptors (Lipinski definition) is 4. The van der Waals surface area contributed by atoms with Crippen LogP contribution in [0.3, 0.4) is 0 Å². The molecule has 0 aliphatic heterocycles. The molecule has 0 atom stereocenters. The summed E-state index contributed by atoms with van der Waals surface area (Å²) in [6.07, 6.45) is 0.961. The first-order chi connectivity index (χ1) is 9.47. The minimum Gasteiger partial charge on any atom is -0.456 e. The summed E-state index contributed by atoms with van der Waals surface area (Å²) >= 11 is 0. The highest BCUT2D eigenvalue weighted by atomic mass is 16.4. The molecule has 2 aromatic rings. The third-order valence-electron chi connectivity index (χ3n) is 3.58. The lowest BCUT2D eigenvalue weighted by molar-refractivity contribution is 0.0924. The van der Waals surface area contributed by atoms with E-state index in [0.717, 1.165) is 23.4 Å². The van der Waals surface area contributed by atoms with Crippen LogP contribution in [0.4, 0.5) is 0 Å². The number of furan rings is 1. The predicted molar refractivity (Wildman–Crippen MR) is 75.3 cm³/mol.